The number of rotatable bonds is 3. The van der Waals surface area contributed by atoms with Crippen LogP contribution in [0, 0.1) is 6.92 Å². The van der Waals surface area contributed by atoms with Gasteiger partial charge in [-0.25, -0.2) is 8.42 Å². The summed E-state index contributed by atoms with van der Waals surface area (Å²) in [6.45, 7) is 2.10. The number of hydrogen-bond donors (Lipinski definition) is 1. The van der Waals surface area contributed by atoms with Gasteiger partial charge in [0, 0.05) is 6.54 Å². The summed E-state index contributed by atoms with van der Waals surface area (Å²) in [5, 5.41) is 0. The summed E-state index contributed by atoms with van der Waals surface area (Å²) in [5.74, 6) is -0.697. The number of nitrogens with two attached hydrogens (primary N) is 1. The van der Waals surface area contributed by atoms with Crippen molar-refractivity contribution in [1.82, 2.24) is 4.31 Å². The highest BCUT2D eigenvalue weighted by atomic mass is 32.2. The Labute approximate surface area is 112 Å². The van der Waals surface area contributed by atoms with Gasteiger partial charge >= 0.3 is 0 Å². The molecule has 1 aliphatic heterocycles. The molecule has 1 aromatic rings. The van der Waals surface area contributed by atoms with Crippen LogP contribution in [0.1, 0.15) is 5.56 Å². The van der Waals surface area contributed by atoms with Crippen LogP contribution in [0.5, 0.6) is 0 Å². The van der Waals surface area contributed by atoms with E-state index in [0.717, 1.165) is 4.31 Å². The van der Waals surface area contributed by atoms with Crippen molar-refractivity contribution in [1.29, 1.82) is 0 Å². The summed E-state index contributed by atoms with van der Waals surface area (Å²) in [7, 11) is -3.73. The lowest BCUT2D eigenvalue weighted by Gasteiger charge is -2.32. The van der Waals surface area contributed by atoms with Gasteiger partial charge in [0.25, 0.3) is 0 Å². The molecule has 1 atom stereocenters. The number of aryl methyl sites for hydroxylation is 1. The standard InChI is InChI=1S/C12H16N2O4S/c1-9-4-2-3-5-11(9)19(16,17)14-6-7-18-8-10(14)12(13)15/h2-5,10H,6-8H2,1H3,(H2,13,15). The number of benzene rings is 1. The van der Waals surface area contributed by atoms with Gasteiger partial charge in [-0.3, -0.25) is 4.79 Å². The van der Waals surface area contributed by atoms with Crippen molar-refractivity contribution in [3.05, 3.63) is 29.8 Å². The third kappa shape index (κ3) is 2.63. The summed E-state index contributed by atoms with van der Waals surface area (Å²) in [4.78, 5) is 11.6. The van der Waals surface area contributed by atoms with E-state index in [1.807, 2.05) is 0 Å². The summed E-state index contributed by atoms with van der Waals surface area (Å²) < 4.78 is 31.4. The Kier molecular flexibility index (Phi) is 3.88. The second-order valence-corrected chi connectivity index (χ2v) is 6.23. The molecule has 2 N–H and O–H groups in total. The molecule has 1 fully saturated rings. The van der Waals surface area contributed by atoms with Crippen molar-refractivity contribution in [2.75, 3.05) is 19.8 Å². The van der Waals surface area contributed by atoms with Gasteiger partial charge in [-0.05, 0) is 18.6 Å². The highest BCUT2D eigenvalue weighted by molar-refractivity contribution is 7.89. The third-order valence-electron chi connectivity index (χ3n) is 3.09. The largest absolute Gasteiger partial charge is 0.378 e. The smallest absolute Gasteiger partial charge is 0.244 e. The fourth-order valence-electron chi connectivity index (χ4n) is 2.07. The maximum absolute atomic E-state index is 12.6. The van der Waals surface area contributed by atoms with E-state index in [-0.39, 0.29) is 24.7 Å². The second-order valence-electron chi connectivity index (χ2n) is 4.37. The number of morpholine rings is 1. The Hall–Kier alpha value is -1.44. The van der Waals surface area contributed by atoms with Crippen LogP contribution in [0.15, 0.2) is 29.2 Å². The molecule has 6 nitrogen and oxygen atoms in total. The van der Waals surface area contributed by atoms with Crippen LogP contribution in [0.2, 0.25) is 0 Å². The predicted molar refractivity (Wildman–Crippen MR) is 68.9 cm³/mol. The van der Waals surface area contributed by atoms with Gasteiger partial charge in [0.1, 0.15) is 6.04 Å². The molecule has 19 heavy (non-hydrogen) atoms. The summed E-state index contributed by atoms with van der Waals surface area (Å²) in [5.41, 5.74) is 5.88. The fraction of sp³-hybridized carbons (Fsp3) is 0.417. The zero-order valence-corrected chi connectivity index (χ0v) is 11.4. The number of nitrogens with zero attached hydrogens (tertiary/aromatic N) is 1. The van der Waals surface area contributed by atoms with Crippen molar-refractivity contribution in [3.63, 3.8) is 0 Å². The van der Waals surface area contributed by atoms with Gasteiger partial charge in [0.2, 0.25) is 15.9 Å². The first kappa shape index (κ1) is 14.0. The number of hydrogen-bond acceptors (Lipinski definition) is 4. The zero-order chi connectivity index (χ0) is 14.0. The van der Waals surface area contributed by atoms with E-state index in [1.54, 1.807) is 25.1 Å². The second kappa shape index (κ2) is 5.28. The molecule has 1 aromatic carbocycles. The van der Waals surface area contributed by atoms with Gasteiger partial charge in [0.15, 0.2) is 0 Å². The molecule has 0 bridgehead atoms. The predicted octanol–water partition coefficient (Wildman–Crippen LogP) is -0.130. The summed E-state index contributed by atoms with van der Waals surface area (Å²) in [6, 6.07) is 5.71. The van der Waals surface area contributed by atoms with Gasteiger partial charge in [-0.15, -0.1) is 0 Å². The van der Waals surface area contributed by atoms with E-state index in [1.165, 1.54) is 6.07 Å². The number of carbonyl (C=O) groups is 1. The Bertz CT molecular complexity index is 585. The van der Waals surface area contributed by atoms with Crippen molar-refractivity contribution >= 4 is 15.9 Å². The van der Waals surface area contributed by atoms with Crippen molar-refractivity contribution in [3.8, 4) is 0 Å². The number of primary amides is 1. The lowest BCUT2D eigenvalue weighted by molar-refractivity contribution is -0.125. The van der Waals surface area contributed by atoms with Crippen LogP contribution >= 0.6 is 0 Å². The van der Waals surface area contributed by atoms with Gasteiger partial charge in [-0.2, -0.15) is 4.31 Å². The molecule has 1 unspecified atom stereocenters. The molecule has 7 heteroatoms. The number of ether oxygens (including phenoxy) is 1. The maximum Gasteiger partial charge on any atom is 0.244 e. The van der Waals surface area contributed by atoms with Gasteiger partial charge < -0.3 is 10.5 Å². The minimum absolute atomic E-state index is 0.000441. The van der Waals surface area contributed by atoms with E-state index in [4.69, 9.17) is 10.5 Å². The number of sulfonamides is 1. The first-order valence-corrected chi connectivity index (χ1v) is 7.33. The monoisotopic (exact) mass is 284 g/mol. The van der Waals surface area contributed by atoms with Crippen LogP contribution in [-0.2, 0) is 19.6 Å². The van der Waals surface area contributed by atoms with E-state index in [9.17, 15) is 13.2 Å². The van der Waals surface area contributed by atoms with Crippen LogP contribution in [0.3, 0.4) is 0 Å². The quantitative estimate of drug-likeness (QED) is 0.837. The molecule has 0 saturated carbocycles. The maximum atomic E-state index is 12.6. The minimum atomic E-state index is -3.73. The fourth-order valence-corrected chi connectivity index (χ4v) is 3.87. The normalized spacial score (nSPS) is 21.2. The van der Waals surface area contributed by atoms with Crippen molar-refractivity contribution < 1.29 is 17.9 Å². The highest BCUT2D eigenvalue weighted by Gasteiger charge is 2.37. The zero-order valence-electron chi connectivity index (χ0n) is 10.6. The molecule has 1 heterocycles. The van der Waals surface area contributed by atoms with Gasteiger partial charge in [0.05, 0.1) is 18.1 Å². The average molecular weight is 284 g/mol. The Balaban J connectivity index is 2.43. The lowest BCUT2D eigenvalue weighted by Crippen LogP contribution is -2.54. The Morgan fingerprint density at radius 2 is 2.11 bits per heavy atom. The molecule has 1 saturated heterocycles. The van der Waals surface area contributed by atoms with Crippen LogP contribution in [0.4, 0.5) is 0 Å². The van der Waals surface area contributed by atoms with Crippen LogP contribution < -0.4 is 5.73 Å². The number of carbonyl (C=O) groups excluding carboxylic acids is 1. The first-order chi connectivity index (χ1) is 8.94. The lowest BCUT2D eigenvalue weighted by atomic mass is 10.2. The average Bonchev–Trinajstić information content (AvgIpc) is 2.39. The SMILES string of the molecule is Cc1ccccc1S(=O)(=O)N1CCOCC1C(N)=O. The van der Waals surface area contributed by atoms with E-state index in [0.29, 0.717) is 5.56 Å². The van der Waals surface area contributed by atoms with E-state index >= 15 is 0 Å². The summed E-state index contributed by atoms with van der Waals surface area (Å²) >= 11 is 0. The minimum Gasteiger partial charge on any atom is -0.378 e. The molecule has 0 spiro atoms. The van der Waals surface area contributed by atoms with Gasteiger partial charge in [-0.1, -0.05) is 18.2 Å². The Morgan fingerprint density at radius 3 is 2.74 bits per heavy atom. The molecule has 0 aromatic heterocycles. The molecular formula is C12H16N2O4S. The molecular weight excluding hydrogens is 268 g/mol. The van der Waals surface area contributed by atoms with Crippen LogP contribution in [0.25, 0.3) is 0 Å². The van der Waals surface area contributed by atoms with E-state index < -0.39 is 22.0 Å². The van der Waals surface area contributed by atoms with E-state index in [2.05, 4.69) is 0 Å². The molecule has 0 radical (unpaired) electrons. The van der Waals surface area contributed by atoms with Crippen molar-refractivity contribution in [2.45, 2.75) is 17.9 Å². The van der Waals surface area contributed by atoms with Crippen LogP contribution in [-0.4, -0.2) is 44.4 Å². The Morgan fingerprint density at radius 1 is 1.42 bits per heavy atom. The molecule has 104 valence electrons. The number of amides is 1. The van der Waals surface area contributed by atoms with Crippen molar-refractivity contribution in [2.24, 2.45) is 5.73 Å². The highest BCUT2D eigenvalue weighted by Crippen LogP contribution is 2.23. The first-order valence-electron chi connectivity index (χ1n) is 5.89. The third-order valence-corrected chi connectivity index (χ3v) is 5.16. The molecule has 2 rings (SSSR count). The molecule has 0 aliphatic carbocycles. The topological polar surface area (TPSA) is 89.7 Å². The molecule has 1 amide bonds. The summed E-state index contributed by atoms with van der Waals surface area (Å²) in [6.07, 6.45) is 0. The molecule has 1 aliphatic rings.